The van der Waals surface area contributed by atoms with Crippen molar-refractivity contribution in [3.63, 3.8) is 0 Å². The monoisotopic (exact) mass is 182 g/mol. The molecule has 0 amide bonds. The molecule has 69 valence electrons. The summed E-state index contributed by atoms with van der Waals surface area (Å²) in [6.45, 7) is 0. The Morgan fingerprint density at radius 3 is 2.69 bits per heavy atom. The molecule has 0 bridgehead atoms. The van der Waals surface area contributed by atoms with Gasteiger partial charge in [-0.05, 0) is 6.07 Å². The fourth-order valence-corrected chi connectivity index (χ4v) is 0.878. The van der Waals surface area contributed by atoms with Crippen molar-refractivity contribution >= 4 is 5.97 Å². The smallest absolute Gasteiger partial charge is 0.325 e. The van der Waals surface area contributed by atoms with Crippen molar-refractivity contribution in [1.82, 2.24) is 0 Å². The number of carboxylic acids is 1. The molecule has 0 spiro atoms. The summed E-state index contributed by atoms with van der Waals surface area (Å²) in [7, 11) is 0. The molecule has 1 radical (unpaired) electrons. The van der Waals surface area contributed by atoms with E-state index in [1.165, 1.54) is 12.1 Å². The van der Waals surface area contributed by atoms with Gasteiger partial charge in [-0.1, -0.05) is 6.07 Å². The van der Waals surface area contributed by atoms with Crippen LogP contribution in [0.2, 0.25) is 0 Å². The summed E-state index contributed by atoms with van der Waals surface area (Å²) >= 11 is 0. The Kier molecular flexibility index (Phi) is 2.39. The molecule has 0 saturated carbocycles. The third kappa shape index (κ3) is 1.70. The van der Waals surface area contributed by atoms with E-state index < -0.39 is 23.5 Å². The standard InChI is InChI=1S/C8H8NO4/c9-6(8(12)13)4-2-1-3-5(10)7(4)11/h1-2,6,10-11H,9H2,(H,12,13). The van der Waals surface area contributed by atoms with Gasteiger partial charge in [0.05, 0.1) is 0 Å². The van der Waals surface area contributed by atoms with E-state index in [2.05, 4.69) is 6.07 Å². The molecular weight excluding hydrogens is 174 g/mol. The van der Waals surface area contributed by atoms with Crippen LogP contribution in [0.5, 0.6) is 11.5 Å². The second-order valence-electron chi connectivity index (χ2n) is 2.45. The van der Waals surface area contributed by atoms with Crippen molar-refractivity contribution in [3.05, 3.63) is 23.8 Å². The van der Waals surface area contributed by atoms with Crippen molar-refractivity contribution in [1.29, 1.82) is 0 Å². The van der Waals surface area contributed by atoms with E-state index in [1.54, 1.807) is 0 Å². The molecule has 5 heteroatoms. The molecule has 0 aliphatic heterocycles. The normalized spacial score (nSPS) is 12.4. The number of hydrogen-bond acceptors (Lipinski definition) is 4. The summed E-state index contributed by atoms with van der Waals surface area (Å²) in [4.78, 5) is 10.4. The zero-order valence-electron chi connectivity index (χ0n) is 6.56. The highest BCUT2D eigenvalue weighted by Gasteiger charge is 2.19. The second-order valence-corrected chi connectivity index (χ2v) is 2.45. The van der Waals surface area contributed by atoms with E-state index >= 15 is 0 Å². The van der Waals surface area contributed by atoms with E-state index in [0.717, 1.165) is 0 Å². The molecule has 13 heavy (non-hydrogen) atoms. The number of hydrogen-bond donors (Lipinski definition) is 4. The lowest BCUT2D eigenvalue weighted by Gasteiger charge is -2.08. The van der Waals surface area contributed by atoms with Gasteiger partial charge >= 0.3 is 5.97 Å². The number of aromatic hydroxyl groups is 2. The quantitative estimate of drug-likeness (QED) is 0.481. The Labute approximate surface area is 74.0 Å². The van der Waals surface area contributed by atoms with Crippen LogP contribution in [0, 0.1) is 6.07 Å². The first-order valence-electron chi connectivity index (χ1n) is 3.45. The minimum atomic E-state index is -1.35. The van der Waals surface area contributed by atoms with Crippen LogP contribution in [0.3, 0.4) is 0 Å². The Balaban J connectivity index is 3.15. The van der Waals surface area contributed by atoms with E-state index in [-0.39, 0.29) is 5.56 Å². The molecule has 5 nitrogen and oxygen atoms in total. The summed E-state index contributed by atoms with van der Waals surface area (Å²) in [6.07, 6.45) is 0. The maximum Gasteiger partial charge on any atom is 0.325 e. The molecule has 0 aromatic heterocycles. The van der Waals surface area contributed by atoms with Crippen molar-refractivity contribution in [2.45, 2.75) is 6.04 Å². The van der Waals surface area contributed by atoms with Crippen molar-refractivity contribution in [2.75, 3.05) is 0 Å². The molecule has 0 aliphatic carbocycles. The highest BCUT2D eigenvalue weighted by atomic mass is 16.4. The maximum absolute atomic E-state index is 10.4. The van der Waals surface area contributed by atoms with Gasteiger partial charge in [0.2, 0.25) is 0 Å². The van der Waals surface area contributed by atoms with E-state index in [4.69, 9.17) is 15.9 Å². The lowest BCUT2D eigenvalue weighted by Crippen LogP contribution is -2.20. The molecule has 0 heterocycles. The molecule has 1 aromatic carbocycles. The lowest BCUT2D eigenvalue weighted by molar-refractivity contribution is -0.138. The predicted octanol–water partition coefficient (Wildman–Crippen LogP) is -0.0176. The number of phenolic OH excluding ortho intramolecular Hbond substituents is 2. The summed E-state index contributed by atoms with van der Waals surface area (Å²) in [6, 6.07) is 3.51. The van der Waals surface area contributed by atoms with Crippen LogP contribution in [0.25, 0.3) is 0 Å². The summed E-state index contributed by atoms with van der Waals surface area (Å²) < 4.78 is 0. The third-order valence-electron chi connectivity index (χ3n) is 1.58. The molecule has 5 N–H and O–H groups in total. The Hall–Kier alpha value is -1.75. The van der Waals surface area contributed by atoms with Gasteiger partial charge in [-0.3, -0.25) is 4.79 Å². The van der Waals surface area contributed by atoms with Crippen molar-refractivity contribution < 1.29 is 20.1 Å². The van der Waals surface area contributed by atoms with E-state index in [0.29, 0.717) is 0 Å². The predicted molar refractivity (Wildman–Crippen MR) is 43.2 cm³/mol. The van der Waals surface area contributed by atoms with Crippen LogP contribution in [0.1, 0.15) is 11.6 Å². The highest BCUT2D eigenvalue weighted by Crippen LogP contribution is 2.31. The molecule has 0 saturated heterocycles. The zero-order chi connectivity index (χ0) is 10.0. The number of aliphatic carboxylic acids is 1. The summed E-state index contributed by atoms with van der Waals surface area (Å²) in [5.41, 5.74) is 5.18. The number of nitrogens with two attached hydrogens (primary N) is 1. The number of carbonyl (C=O) groups is 1. The fraction of sp³-hybridized carbons (Fsp3) is 0.125. The van der Waals surface area contributed by atoms with Gasteiger partial charge < -0.3 is 21.1 Å². The zero-order valence-corrected chi connectivity index (χ0v) is 6.56. The van der Waals surface area contributed by atoms with Crippen LogP contribution in [0.15, 0.2) is 12.1 Å². The van der Waals surface area contributed by atoms with Gasteiger partial charge in [-0.25, -0.2) is 0 Å². The molecular formula is C8H8NO4. The molecule has 1 unspecified atom stereocenters. The van der Waals surface area contributed by atoms with Crippen LogP contribution in [-0.2, 0) is 4.79 Å². The minimum Gasteiger partial charge on any atom is -0.504 e. The highest BCUT2D eigenvalue weighted by molar-refractivity contribution is 5.76. The minimum absolute atomic E-state index is 0.0382. The van der Waals surface area contributed by atoms with Crippen LogP contribution in [-0.4, -0.2) is 21.3 Å². The van der Waals surface area contributed by atoms with Gasteiger partial charge in [0.1, 0.15) is 6.04 Å². The lowest BCUT2D eigenvalue weighted by atomic mass is 10.1. The average molecular weight is 182 g/mol. The molecule has 0 fully saturated rings. The Morgan fingerprint density at radius 2 is 2.15 bits per heavy atom. The summed E-state index contributed by atoms with van der Waals surface area (Å²) in [5, 5.41) is 26.7. The van der Waals surface area contributed by atoms with E-state index in [1.807, 2.05) is 0 Å². The first kappa shape index (κ1) is 9.34. The number of rotatable bonds is 2. The van der Waals surface area contributed by atoms with E-state index in [9.17, 15) is 9.90 Å². The second kappa shape index (κ2) is 3.32. The maximum atomic E-state index is 10.4. The van der Waals surface area contributed by atoms with Gasteiger partial charge in [0, 0.05) is 11.6 Å². The number of benzene rings is 1. The Bertz CT molecular complexity index is 337. The first-order chi connectivity index (χ1) is 6.04. The molecule has 1 rings (SSSR count). The van der Waals surface area contributed by atoms with Crippen LogP contribution in [0.4, 0.5) is 0 Å². The van der Waals surface area contributed by atoms with Gasteiger partial charge in [-0.2, -0.15) is 0 Å². The number of phenols is 2. The largest absolute Gasteiger partial charge is 0.504 e. The van der Waals surface area contributed by atoms with Crippen molar-refractivity contribution in [3.8, 4) is 11.5 Å². The third-order valence-corrected chi connectivity index (χ3v) is 1.58. The van der Waals surface area contributed by atoms with Crippen molar-refractivity contribution in [2.24, 2.45) is 5.73 Å². The fourth-order valence-electron chi connectivity index (χ4n) is 0.878. The van der Waals surface area contributed by atoms with Gasteiger partial charge in [0.25, 0.3) is 0 Å². The Morgan fingerprint density at radius 1 is 1.54 bits per heavy atom. The molecule has 1 atom stereocenters. The average Bonchev–Trinajstić information content (AvgIpc) is 2.08. The van der Waals surface area contributed by atoms with Crippen LogP contribution >= 0.6 is 0 Å². The molecule has 0 aliphatic rings. The van der Waals surface area contributed by atoms with Gasteiger partial charge in [0.15, 0.2) is 11.5 Å². The van der Waals surface area contributed by atoms with Crippen LogP contribution < -0.4 is 5.73 Å². The van der Waals surface area contributed by atoms with Gasteiger partial charge in [-0.15, -0.1) is 0 Å². The number of carboxylic acid groups (broad SMARTS) is 1. The summed E-state index contributed by atoms with van der Waals surface area (Å²) in [5.74, 6) is -2.33. The SMILES string of the molecule is NC(C(=O)O)c1cc[c]c(O)c1O. The topological polar surface area (TPSA) is 104 Å². The first-order valence-corrected chi connectivity index (χ1v) is 3.45. The molecule has 1 aromatic rings.